The second-order valence-electron chi connectivity index (χ2n) is 4.97. The van der Waals surface area contributed by atoms with Crippen LogP contribution in [-0.4, -0.2) is 66.1 Å². The van der Waals surface area contributed by atoms with Gasteiger partial charge in [-0.25, -0.2) is 0 Å². The number of hydrogen-bond donors (Lipinski definition) is 2. The Kier molecular flexibility index (Phi) is 5.72. The molecule has 7 heteroatoms. The summed E-state index contributed by atoms with van der Waals surface area (Å²) in [5.74, 6) is -0.872. The molecular formula is C14H18BrN3O3. The number of carboxylic acid groups (broad SMARTS) is 1. The van der Waals surface area contributed by atoms with Crippen LogP contribution in [0.25, 0.3) is 0 Å². The van der Waals surface area contributed by atoms with Crippen molar-refractivity contribution in [3.8, 4) is 0 Å². The van der Waals surface area contributed by atoms with Gasteiger partial charge in [-0.2, -0.15) is 0 Å². The van der Waals surface area contributed by atoms with Crippen LogP contribution in [0, 0.1) is 0 Å². The predicted octanol–water partition coefficient (Wildman–Crippen LogP) is 1.09. The van der Waals surface area contributed by atoms with Crippen LogP contribution in [0.3, 0.4) is 0 Å². The number of anilines is 1. The zero-order valence-electron chi connectivity index (χ0n) is 11.6. The smallest absolute Gasteiger partial charge is 0.317 e. The van der Waals surface area contributed by atoms with Crippen molar-refractivity contribution in [3.05, 3.63) is 28.7 Å². The van der Waals surface area contributed by atoms with Crippen molar-refractivity contribution in [2.75, 3.05) is 44.6 Å². The van der Waals surface area contributed by atoms with Gasteiger partial charge in [0.05, 0.1) is 18.8 Å². The number of benzene rings is 1. The number of para-hydroxylation sites is 1. The highest BCUT2D eigenvalue weighted by Crippen LogP contribution is 2.21. The molecule has 1 aliphatic heterocycles. The number of carbonyl (C=O) groups is 2. The summed E-state index contributed by atoms with van der Waals surface area (Å²) in [6.45, 7) is 3.15. The van der Waals surface area contributed by atoms with Gasteiger partial charge in [0, 0.05) is 30.7 Å². The van der Waals surface area contributed by atoms with Crippen molar-refractivity contribution in [1.29, 1.82) is 0 Å². The van der Waals surface area contributed by atoms with E-state index in [-0.39, 0.29) is 12.5 Å². The number of rotatable bonds is 5. The van der Waals surface area contributed by atoms with Crippen LogP contribution in [0.1, 0.15) is 0 Å². The van der Waals surface area contributed by atoms with E-state index in [1.54, 1.807) is 0 Å². The Morgan fingerprint density at radius 1 is 1.10 bits per heavy atom. The summed E-state index contributed by atoms with van der Waals surface area (Å²) in [4.78, 5) is 26.6. The predicted molar refractivity (Wildman–Crippen MR) is 83.3 cm³/mol. The van der Waals surface area contributed by atoms with Crippen molar-refractivity contribution < 1.29 is 14.7 Å². The molecule has 1 aromatic rings. The third-order valence-electron chi connectivity index (χ3n) is 3.34. The average Bonchev–Trinajstić information content (AvgIpc) is 2.43. The number of carboxylic acids is 1. The van der Waals surface area contributed by atoms with Gasteiger partial charge in [0.1, 0.15) is 0 Å². The number of nitrogens with one attached hydrogen (secondary N) is 1. The average molecular weight is 356 g/mol. The van der Waals surface area contributed by atoms with E-state index in [1.807, 2.05) is 34.1 Å². The van der Waals surface area contributed by atoms with Gasteiger partial charge in [0.2, 0.25) is 5.91 Å². The van der Waals surface area contributed by atoms with E-state index < -0.39 is 5.97 Å². The standard InChI is InChI=1S/C14H18BrN3O3/c15-11-3-1-2-4-12(11)16-13(19)9-17-5-7-18(8-6-17)10-14(20)21/h1-4H,5-10H2,(H,16,19)(H,20,21). The largest absolute Gasteiger partial charge is 0.480 e. The van der Waals surface area contributed by atoms with Crippen molar-refractivity contribution in [2.24, 2.45) is 0 Å². The van der Waals surface area contributed by atoms with Gasteiger partial charge in [0.15, 0.2) is 0 Å². The highest BCUT2D eigenvalue weighted by Gasteiger charge is 2.20. The van der Waals surface area contributed by atoms with Crippen LogP contribution in [0.4, 0.5) is 5.69 Å². The third-order valence-corrected chi connectivity index (χ3v) is 4.03. The molecule has 0 atom stereocenters. The van der Waals surface area contributed by atoms with Gasteiger partial charge in [-0.1, -0.05) is 12.1 Å². The van der Waals surface area contributed by atoms with Crippen molar-refractivity contribution in [1.82, 2.24) is 9.80 Å². The van der Waals surface area contributed by atoms with E-state index in [4.69, 9.17) is 5.11 Å². The van der Waals surface area contributed by atoms with Gasteiger partial charge in [-0.05, 0) is 28.1 Å². The van der Waals surface area contributed by atoms with E-state index >= 15 is 0 Å². The molecule has 1 amide bonds. The summed E-state index contributed by atoms with van der Waals surface area (Å²) in [7, 11) is 0. The summed E-state index contributed by atoms with van der Waals surface area (Å²) in [5, 5.41) is 11.6. The minimum atomic E-state index is -0.810. The van der Waals surface area contributed by atoms with Crippen LogP contribution in [0.5, 0.6) is 0 Å². The Labute approximate surface area is 131 Å². The van der Waals surface area contributed by atoms with Gasteiger partial charge < -0.3 is 10.4 Å². The molecule has 0 saturated carbocycles. The second kappa shape index (κ2) is 7.53. The molecule has 2 rings (SSSR count). The van der Waals surface area contributed by atoms with Crippen LogP contribution in [0.2, 0.25) is 0 Å². The Bertz CT molecular complexity index is 516. The molecule has 1 fully saturated rings. The zero-order valence-corrected chi connectivity index (χ0v) is 13.2. The zero-order chi connectivity index (χ0) is 15.2. The number of hydrogen-bond acceptors (Lipinski definition) is 4. The molecule has 1 aliphatic rings. The minimum Gasteiger partial charge on any atom is -0.480 e. The highest BCUT2D eigenvalue weighted by atomic mass is 79.9. The first-order valence-electron chi connectivity index (χ1n) is 6.75. The van der Waals surface area contributed by atoms with Crippen LogP contribution < -0.4 is 5.32 Å². The third kappa shape index (κ3) is 5.11. The lowest BCUT2D eigenvalue weighted by molar-refractivity contribution is -0.139. The van der Waals surface area contributed by atoms with Gasteiger partial charge in [-0.3, -0.25) is 19.4 Å². The summed E-state index contributed by atoms with van der Waals surface area (Å²) in [6, 6.07) is 7.47. The van der Waals surface area contributed by atoms with Gasteiger partial charge >= 0.3 is 5.97 Å². The van der Waals surface area contributed by atoms with Gasteiger partial charge in [-0.15, -0.1) is 0 Å². The summed E-state index contributed by atoms with van der Waals surface area (Å²) < 4.78 is 0.852. The van der Waals surface area contributed by atoms with Crippen molar-refractivity contribution in [2.45, 2.75) is 0 Å². The Hall–Kier alpha value is -1.44. The molecular weight excluding hydrogens is 338 g/mol. The van der Waals surface area contributed by atoms with Crippen LogP contribution in [-0.2, 0) is 9.59 Å². The molecule has 1 saturated heterocycles. The normalized spacial score (nSPS) is 16.6. The molecule has 0 spiro atoms. The molecule has 0 bridgehead atoms. The number of aliphatic carboxylic acids is 1. The van der Waals surface area contributed by atoms with Gasteiger partial charge in [0.25, 0.3) is 0 Å². The Morgan fingerprint density at radius 3 is 2.24 bits per heavy atom. The Balaban J connectivity index is 1.77. The maximum atomic E-state index is 12.0. The number of nitrogens with zero attached hydrogens (tertiary/aromatic N) is 2. The fraction of sp³-hybridized carbons (Fsp3) is 0.429. The van der Waals surface area contributed by atoms with E-state index in [0.29, 0.717) is 32.7 Å². The van der Waals surface area contributed by atoms with Crippen LogP contribution >= 0.6 is 15.9 Å². The summed E-state index contributed by atoms with van der Waals surface area (Å²) >= 11 is 3.39. The van der Waals surface area contributed by atoms with Crippen LogP contribution in [0.15, 0.2) is 28.7 Å². The molecule has 0 radical (unpaired) electrons. The SMILES string of the molecule is O=C(O)CN1CCN(CC(=O)Nc2ccccc2Br)CC1. The molecule has 2 N–H and O–H groups in total. The lowest BCUT2D eigenvalue weighted by Crippen LogP contribution is -2.49. The lowest BCUT2D eigenvalue weighted by Gasteiger charge is -2.33. The summed E-state index contributed by atoms with van der Waals surface area (Å²) in [5.41, 5.74) is 0.756. The molecule has 21 heavy (non-hydrogen) atoms. The molecule has 0 aliphatic carbocycles. The fourth-order valence-corrected chi connectivity index (χ4v) is 2.64. The number of piperazine rings is 1. The molecule has 114 valence electrons. The summed E-state index contributed by atoms with van der Waals surface area (Å²) in [6.07, 6.45) is 0. The monoisotopic (exact) mass is 355 g/mol. The molecule has 0 aromatic heterocycles. The molecule has 1 heterocycles. The first-order chi connectivity index (χ1) is 10.0. The highest BCUT2D eigenvalue weighted by molar-refractivity contribution is 9.10. The molecule has 1 aromatic carbocycles. The molecule has 6 nitrogen and oxygen atoms in total. The second-order valence-corrected chi connectivity index (χ2v) is 5.83. The number of carbonyl (C=O) groups excluding carboxylic acids is 1. The first kappa shape index (κ1) is 15.9. The van der Waals surface area contributed by atoms with E-state index in [1.165, 1.54) is 0 Å². The maximum absolute atomic E-state index is 12.0. The quantitative estimate of drug-likeness (QED) is 0.827. The lowest BCUT2D eigenvalue weighted by atomic mass is 10.3. The minimum absolute atomic E-state index is 0.0615. The first-order valence-corrected chi connectivity index (χ1v) is 7.55. The van der Waals surface area contributed by atoms with E-state index in [9.17, 15) is 9.59 Å². The van der Waals surface area contributed by atoms with Crippen molar-refractivity contribution in [3.63, 3.8) is 0 Å². The van der Waals surface area contributed by atoms with E-state index in [0.717, 1.165) is 10.2 Å². The maximum Gasteiger partial charge on any atom is 0.317 e. The fourth-order valence-electron chi connectivity index (χ4n) is 2.25. The molecule has 0 unspecified atom stereocenters. The van der Waals surface area contributed by atoms with E-state index in [2.05, 4.69) is 21.2 Å². The number of amides is 1. The Morgan fingerprint density at radius 2 is 1.67 bits per heavy atom. The topological polar surface area (TPSA) is 72.9 Å². The number of halogens is 1. The van der Waals surface area contributed by atoms with Crippen molar-refractivity contribution >= 4 is 33.5 Å².